The van der Waals surface area contributed by atoms with Crippen LogP contribution in [0.5, 0.6) is 5.75 Å². The third-order valence-electron chi connectivity index (χ3n) is 6.58. The molecular weight excluding hydrogens is 486 g/mol. The zero-order valence-corrected chi connectivity index (χ0v) is 22.0. The summed E-state index contributed by atoms with van der Waals surface area (Å²) in [7, 11) is 4.07. The van der Waals surface area contributed by atoms with Gasteiger partial charge in [-0.05, 0) is 65.0 Å². The Morgan fingerprint density at radius 3 is 2.47 bits per heavy atom. The Kier molecular flexibility index (Phi) is 8.58. The number of hydrogen-bond acceptors (Lipinski definition) is 8. The molecule has 0 bridgehead atoms. The van der Waals surface area contributed by atoms with E-state index in [4.69, 9.17) is 9.15 Å². The lowest BCUT2D eigenvalue weighted by Crippen LogP contribution is -2.40. The van der Waals surface area contributed by atoms with Crippen molar-refractivity contribution in [3.63, 3.8) is 0 Å². The SMILES string of the molecule is Cc1occc(=O)c1OC(=O)CCCCCN1C(=O)c2cccc3c(NCCCN(C)C)ccc(c23)C1=O. The van der Waals surface area contributed by atoms with Crippen molar-refractivity contribution in [2.75, 3.05) is 39.0 Å². The Hall–Kier alpha value is -3.98. The summed E-state index contributed by atoms with van der Waals surface area (Å²) in [4.78, 5) is 53.9. The summed E-state index contributed by atoms with van der Waals surface area (Å²) in [5.41, 5.74) is 1.55. The second kappa shape index (κ2) is 12.0. The van der Waals surface area contributed by atoms with E-state index >= 15 is 0 Å². The molecule has 2 amide bonds. The van der Waals surface area contributed by atoms with E-state index in [9.17, 15) is 19.2 Å². The highest BCUT2D eigenvalue weighted by Gasteiger charge is 2.32. The molecule has 0 fully saturated rings. The number of carbonyl (C=O) groups excluding carboxylic acids is 3. The van der Waals surface area contributed by atoms with Gasteiger partial charge in [0.1, 0.15) is 5.76 Å². The largest absolute Gasteiger partial charge is 0.465 e. The number of ether oxygens (including phenoxy) is 1. The number of rotatable bonds is 12. The van der Waals surface area contributed by atoms with Crippen LogP contribution in [0.4, 0.5) is 5.69 Å². The molecule has 1 aliphatic rings. The first kappa shape index (κ1) is 27.1. The van der Waals surface area contributed by atoms with Gasteiger partial charge in [-0.1, -0.05) is 18.6 Å². The molecule has 0 spiro atoms. The van der Waals surface area contributed by atoms with E-state index in [1.165, 1.54) is 17.2 Å². The summed E-state index contributed by atoms with van der Waals surface area (Å²) < 4.78 is 10.3. The molecule has 1 aromatic heterocycles. The number of esters is 1. The molecule has 1 N–H and O–H groups in total. The summed E-state index contributed by atoms with van der Waals surface area (Å²) in [5.74, 6) is -0.979. The first-order chi connectivity index (χ1) is 18.3. The van der Waals surface area contributed by atoms with Crippen molar-refractivity contribution in [2.45, 2.75) is 39.0 Å². The predicted molar refractivity (Wildman–Crippen MR) is 145 cm³/mol. The van der Waals surface area contributed by atoms with Crippen LogP contribution in [0.3, 0.4) is 0 Å². The Morgan fingerprint density at radius 1 is 0.974 bits per heavy atom. The van der Waals surface area contributed by atoms with Gasteiger partial charge in [-0.25, -0.2) is 0 Å². The maximum absolute atomic E-state index is 13.3. The zero-order chi connectivity index (χ0) is 27.2. The second-order valence-corrected chi connectivity index (χ2v) is 9.69. The van der Waals surface area contributed by atoms with Crippen LogP contribution in [0.25, 0.3) is 10.8 Å². The van der Waals surface area contributed by atoms with Crippen LogP contribution in [0.1, 0.15) is 58.6 Å². The van der Waals surface area contributed by atoms with Crippen molar-refractivity contribution in [1.82, 2.24) is 9.80 Å². The van der Waals surface area contributed by atoms with E-state index in [0.29, 0.717) is 35.8 Å². The highest BCUT2D eigenvalue weighted by molar-refractivity contribution is 6.26. The predicted octanol–water partition coefficient (Wildman–Crippen LogP) is 4.23. The monoisotopic (exact) mass is 519 g/mol. The highest BCUT2D eigenvalue weighted by atomic mass is 16.5. The number of aryl methyl sites for hydroxylation is 1. The third kappa shape index (κ3) is 5.94. The van der Waals surface area contributed by atoms with Crippen molar-refractivity contribution in [3.05, 3.63) is 69.8 Å². The number of anilines is 1. The molecule has 0 atom stereocenters. The molecule has 2 heterocycles. The lowest BCUT2D eigenvalue weighted by Gasteiger charge is -2.28. The first-order valence-corrected chi connectivity index (χ1v) is 12.9. The third-order valence-corrected chi connectivity index (χ3v) is 6.58. The molecule has 38 heavy (non-hydrogen) atoms. The normalized spacial score (nSPS) is 12.9. The summed E-state index contributed by atoms with van der Waals surface area (Å²) in [5, 5.41) is 5.00. The lowest BCUT2D eigenvalue weighted by molar-refractivity contribution is -0.134. The van der Waals surface area contributed by atoms with Crippen LogP contribution in [-0.2, 0) is 4.79 Å². The van der Waals surface area contributed by atoms with Gasteiger partial charge < -0.3 is 19.4 Å². The van der Waals surface area contributed by atoms with E-state index in [1.54, 1.807) is 19.1 Å². The summed E-state index contributed by atoms with van der Waals surface area (Å²) in [6.45, 7) is 3.57. The molecule has 0 unspecified atom stereocenters. The molecule has 1 aliphatic heterocycles. The van der Waals surface area contributed by atoms with Gasteiger partial charge in [-0.3, -0.25) is 24.1 Å². The molecule has 9 heteroatoms. The van der Waals surface area contributed by atoms with Crippen molar-refractivity contribution in [1.29, 1.82) is 0 Å². The van der Waals surface area contributed by atoms with Crippen LogP contribution < -0.4 is 15.5 Å². The van der Waals surface area contributed by atoms with Crippen molar-refractivity contribution < 1.29 is 23.5 Å². The van der Waals surface area contributed by atoms with Gasteiger partial charge in [0, 0.05) is 53.2 Å². The minimum Gasteiger partial charge on any atom is -0.465 e. The minimum absolute atomic E-state index is 0.0956. The van der Waals surface area contributed by atoms with Gasteiger partial charge in [0.2, 0.25) is 11.2 Å². The van der Waals surface area contributed by atoms with E-state index < -0.39 is 11.4 Å². The van der Waals surface area contributed by atoms with Gasteiger partial charge >= 0.3 is 5.97 Å². The van der Waals surface area contributed by atoms with E-state index in [2.05, 4.69) is 10.2 Å². The lowest BCUT2D eigenvalue weighted by atomic mass is 9.92. The quantitative estimate of drug-likeness (QED) is 0.215. The van der Waals surface area contributed by atoms with Crippen LogP contribution in [0, 0.1) is 6.92 Å². The standard InChI is InChI=1S/C29H33N3O6/c1-19-27(24(33)14-18-37-19)38-25(34)11-5-4-6-17-32-28(35)21-10-7-9-20-23(30-15-8-16-31(2)3)13-12-22(26(20)21)29(32)36/h7,9-10,12-14,18,30H,4-6,8,11,15-17H2,1-3H3. The zero-order valence-electron chi connectivity index (χ0n) is 22.0. The molecular formula is C29H33N3O6. The maximum atomic E-state index is 13.3. The van der Waals surface area contributed by atoms with Gasteiger partial charge in [-0.2, -0.15) is 0 Å². The summed E-state index contributed by atoms with van der Waals surface area (Å²) in [6.07, 6.45) is 4.00. The Morgan fingerprint density at radius 2 is 1.74 bits per heavy atom. The topological polar surface area (TPSA) is 109 Å². The fourth-order valence-electron chi connectivity index (χ4n) is 4.63. The molecule has 9 nitrogen and oxygen atoms in total. The number of benzene rings is 2. The smallest absolute Gasteiger partial charge is 0.311 e. The van der Waals surface area contributed by atoms with Crippen molar-refractivity contribution in [2.24, 2.45) is 0 Å². The van der Waals surface area contributed by atoms with Gasteiger partial charge in [0.15, 0.2) is 0 Å². The van der Waals surface area contributed by atoms with Gasteiger partial charge in [0.25, 0.3) is 11.8 Å². The fourth-order valence-corrected chi connectivity index (χ4v) is 4.63. The fraction of sp³-hybridized carbons (Fsp3) is 0.379. The van der Waals surface area contributed by atoms with E-state index in [1.807, 2.05) is 32.3 Å². The average Bonchev–Trinajstić information content (AvgIpc) is 2.89. The molecule has 0 radical (unpaired) electrons. The molecule has 0 aliphatic carbocycles. The Bertz CT molecular complexity index is 1390. The molecule has 3 aromatic rings. The van der Waals surface area contributed by atoms with Gasteiger partial charge in [0.05, 0.1) is 6.26 Å². The van der Waals surface area contributed by atoms with E-state index in [-0.39, 0.29) is 36.3 Å². The molecule has 0 saturated carbocycles. The highest BCUT2D eigenvalue weighted by Crippen LogP contribution is 2.34. The molecule has 4 rings (SSSR count). The summed E-state index contributed by atoms with van der Waals surface area (Å²) in [6, 6.07) is 10.4. The maximum Gasteiger partial charge on any atom is 0.311 e. The number of hydrogen-bond donors (Lipinski definition) is 1. The summed E-state index contributed by atoms with van der Waals surface area (Å²) >= 11 is 0. The number of imide groups is 1. The minimum atomic E-state index is -0.525. The van der Waals surface area contributed by atoms with E-state index in [0.717, 1.165) is 30.6 Å². The van der Waals surface area contributed by atoms with Crippen molar-refractivity contribution >= 4 is 34.2 Å². The Balaban J connectivity index is 1.34. The Labute approximate surface area is 221 Å². The first-order valence-electron chi connectivity index (χ1n) is 12.9. The number of amides is 2. The van der Waals surface area contributed by atoms with Crippen LogP contribution in [0.2, 0.25) is 0 Å². The van der Waals surface area contributed by atoms with Crippen LogP contribution in [0.15, 0.2) is 51.9 Å². The van der Waals surface area contributed by atoms with Crippen molar-refractivity contribution in [3.8, 4) is 5.75 Å². The number of carbonyl (C=O) groups is 3. The molecule has 200 valence electrons. The van der Waals surface area contributed by atoms with Crippen LogP contribution >= 0.6 is 0 Å². The number of unbranched alkanes of at least 4 members (excludes halogenated alkanes) is 2. The average molecular weight is 520 g/mol. The molecule has 0 saturated heterocycles. The number of nitrogens with one attached hydrogen (secondary N) is 1. The molecule has 2 aromatic carbocycles. The number of nitrogens with zero attached hydrogens (tertiary/aromatic N) is 2. The van der Waals surface area contributed by atoms with Crippen LogP contribution in [-0.4, -0.2) is 61.3 Å². The second-order valence-electron chi connectivity index (χ2n) is 9.69. The van der Waals surface area contributed by atoms with Gasteiger partial charge in [-0.15, -0.1) is 0 Å².